The van der Waals surface area contributed by atoms with E-state index in [1.165, 1.54) is 13.2 Å². The fourth-order valence-corrected chi connectivity index (χ4v) is 3.33. The van der Waals surface area contributed by atoms with E-state index in [1.807, 2.05) is 0 Å². The first-order chi connectivity index (χ1) is 9.05. The highest BCUT2D eigenvalue weighted by Gasteiger charge is 2.37. The van der Waals surface area contributed by atoms with Crippen molar-refractivity contribution in [3.05, 3.63) is 12.2 Å². The molecule has 0 aromatic heterocycles. The van der Waals surface area contributed by atoms with Gasteiger partial charge in [-0.1, -0.05) is 26.3 Å². The van der Waals surface area contributed by atoms with Crippen LogP contribution >= 0.6 is 12.4 Å². The van der Waals surface area contributed by atoms with Gasteiger partial charge in [0.25, 0.3) is 0 Å². The summed E-state index contributed by atoms with van der Waals surface area (Å²) in [6, 6.07) is 0.903. The molecule has 0 spiro atoms. The summed E-state index contributed by atoms with van der Waals surface area (Å²) in [5, 5.41) is 0. The van der Waals surface area contributed by atoms with Crippen molar-refractivity contribution in [2.45, 2.75) is 39.7 Å². The van der Waals surface area contributed by atoms with Crippen molar-refractivity contribution >= 4 is 27.2 Å². The highest BCUT2D eigenvalue weighted by Crippen LogP contribution is 2.15. The highest BCUT2D eigenvalue weighted by atomic mass is 35.5. The van der Waals surface area contributed by atoms with Crippen LogP contribution in [-0.2, 0) is 22.8 Å². The molecule has 0 bridgehead atoms. The number of rotatable bonds is 8. The number of ether oxygens (including phenoxy) is 1. The second-order valence-electron chi connectivity index (χ2n) is 3.71. The zero-order chi connectivity index (χ0) is 15.1. The fraction of sp³-hybridized carbons (Fsp3) is 0.769. The van der Waals surface area contributed by atoms with Gasteiger partial charge in [-0.05, 0) is 13.3 Å². The first kappa shape index (κ1) is 28.7. The molecular formula is C13H32ClNO5Si. The van der Waals surface area contributed by atoms with Crippen molar-refractivity contribution in [1.82, 2.24) is 6.15 Å². The normalized spacial score (nSPS) is 10.0. The summed E-state index contributed by atoms with van der Waals surface area (Å²) in [6.45, 7) is 6.68. The lowest BCUT2D eigenvalue weighted by atomic mass is 10.5. The third-order valence-electron chi connectivity index (χ3n) is 2.21. The molecule has 21 heavy (non-hydrogen) atoms. The number of hydrogen-bond donors (Lipinski definition) is 1. The molecule has 0 aromatic rings. The molecule has 130 valence electrons. The Balaban J connectivity index is -0.000000140. The number of carbonyl (C=O) groups excluding carboxylic acids is 1. The third kappa shape index (κ3) is 15.8. The SMILES string of the molecule is CC=CC(=O)OC.CCCO[Si](CCC)(OC)OC.Cl.N. The van der Waals surface area contributed by atoms with E-state index in [0.29, 0.717) is 0 Å². The van der Waals surface area contributed by atoms with Crippen LogP contribution in [0.3, 0.4) is 0 Å². The van der Waals surface area contributed by atoms with E-state index in [9.17, 15) is 4.79 Å². The molecule has 0 amide bonds. The van der Waals surface area contributed by atoms with Crippen molar-refractivity contribution in [2.75, 3.05) is 27.9 Å². The molecule has 0 saturated carbocycles. The van der Waals surface area contributed by atoms with Crippen molar-refractivity contribution in [3.63, 3.8) is 0 Å². The van der Waals surface area contributed by atoms with E-state index in [2.05, 4.69) is 18.6 Å². The van der Waals surface area contributed by atoms with Gasteiger partial charge < -0.3 is 24.2 Å². The number of hydrogen-bond acceptors (Lipinski definition) is 6. The monoisotopic (exact) mass is 345 g/mol. The zero-order valence-corrected chi connectivity index (χ0v) is 16.0. The summed E-state index contributed by atoms with van der Waals surface area (Å²) in [6.07, 6.45) is 5.04. The van der Waals surface area contributed by atoms with Gasteiger partial charge >= 0.3 is 14.8 Å². The summed E-state index contributed by atoms with van der Waals surface area (Å²) >= 11 is 0. The summed E-state index contributed by atoms with van der Waals surface area (Å²) in [5.74, 6) is -0.303. The van der Waals surface area contributed by atoms with Gasteiger partial charge in [0.15, 0.2) is 0 Å². The average molecular weight is 346 g/mol. The molecule has 0 atom stereocenters. The lowest BCUT2D eigenvalue weighted by Gasteiger charge is -2.25. The summed E-state index contributed by atoms with van der Waals surface area (Å²) in [5.41, 5.74) is 0. The van der Waals surface area contributed by atoms with Gasteiger partial charge in [-0.15, -0.1) is 12.4 Å². The number of halogens is 1. The van der Waals surface area contributed by atoms with E-state index >= 15 is 0 Å². The maximum Gasteiger partial charge on any atom is 0.500 e. The molecule has 0 rings (SSSR count). The largest absolute Gasteiger partial charge is 0.500 e. The van der Waals surface area contributed by atoms with Gasteiger partial charge in [0.1, 0.15) is 0 Å². The molecular weight excluding hydrogens is 314 g/mol. The van der Waals surface area contributed by atoms with Crippen LogP contribution in [0.15, 0.2) is 12.2 Å². The quantitative estimate of drug-likeness (QED) is 0.412. The van der Waals surface area contributed by atoms with Gasteiger partial charge in [-0.3, -0.25) is 0 Å². The third-order valence-corrected chi connectivity index (χ3v) is 5.21. The van der Waals surface area contributed by atoms with Crippen molar-refractivity contribution in [1.29, 1.82) is 0 Å². The molecule has 0 unspecified atom stereocenters. The van der Waals surface area contributed by atoms with E-state index in [1.54, 1.807) is 27.2 Å². The Kier molecular flexibility index (Phi) is 26.7. The standard InChI is InChI=1S/C8H20O3Si.C5H8O2.ClH.H3N/c1-5-7-11-12(9-3,10-4)8-6-2;1-3-4-5(6)7-2;;/h5-8H2,1-4H3;3-4H,1-2H3;1H;1H3. The van der Waals surface area contributed by atoms with Crippen molar-refractivity contribution in [3.8, 4) is 0 Å². The Bertz CT molecular complexity index is 251. The predicted octanol–water partition coefficient (Wildman–Crippen LogP) is 3.37. The average Bonchev–Trinajstić information content (AvgIpc) is 2.44. The van der Waals surface area contributed by atoms with E-state index in [-0.39, 0.29) is 24.5 Å². The Hall–Kier alpha value is -0.443. The molecule has 0 aliphatic rings. The lowest BCUT2D eigenvalue weighted by molar-refractivity contribution is -0.134. The topological polar surface area (TPSA) is 89.0 Å². The molecule has 3 N–H and O–H groups in total. The second kappa shape index (κ2) is 19.6. The molecule has 0 fully saturated rings. The van der Waals surface area contributed by atoms with Gasteiger partial charge in [-0.25, -0.2) is 4.79 Å². The van der Waals surface area contributed by atoms with Crippen LogP contribution in [0.25, 0.3) is 0 Å². The van der Waals surface area contributed by atoms with Crippen LogP contribution in [0.2, 0.25) is 6.04 Å². The zero-order valence-electron chi connectivity index (χ0n) is 14.1. The summed E-state index contributed by atoms with van der Waals surface area (Å²) in [4.78, 5) is 10.1. The summed E-state index contributed by atoms with van der Waals surface area (Å²) in [7, 11) is 2.42. The van der Waals surface area contributed by atoms with Crippen molar-refractivity contribution in [2.24, 2.45) is 0 Å². The minimum absolute atomic E-state index is 0. The fourth-order valence-electron chi connectivity index (χ4n) is 1.25. The van der Waals surface area contributed by atoms with Crippen LogP contribution in [0.4, 0.5) is 0 Å². The number of esters is 1. The molecule has 6 nitrogen and oxygen atoms in total. The van der Waals surface area contributed by atoms with E-state index in [4.69, 9.17) is 13.3 Å². The Labute approximate surface area is 136 Å². The second-order valence-corrected chi connectivity index (χ2v) is 6.68. The Morgan fingerprint density at radius 2 is 1.62 bits per heavy atom. The smallest absolute Gasteiger partial charge is 0.466 e. The predicted molar refractivity (Wildman–Crippen MR) is 90.2 cm³/mol. The molecule has 0 heterocycles. The summed E-state index contributed by atoms with van der Waals surface area (Å²) < 4.78 is 20.5. The van der Waals surface area contributed by atoms with Gasteiger partial charge in [0.2, 0.25) is 0 Å². The first-order valence-corrected chi connectivity index (χ1v) is 8.43. The number of allylic oxidation sites excluding steroid dienone is 1. The molecule has 0 aliphatic carbocycles. The van der Waals surface area contributed by atoms with Crippen LogP contribution in [-0.4, -0.2) is 42.7 Å². The van der Waals surface area contributed by atoms with Gasteiger partial charge in [0.05, 0.1) is 7.11 Å². The molecule has 0 saturated heterocycles. The number of carbonyl (C=O) groups is 1. The molecule has 0 aromatic carbocycles. The maximum atomic E-state index is 10.1. The van der Waals surface area contributed by atoms with Crippen molar-refractivity contribution < 1.29 is 22.8 Å². The Morgan fingerprint density at radius 1 is 1.10 bits per heavy atom. The van der Waals surface area contributed by atoms with Gasteiger partial charge in [0, 0.05) is 32.9 Å². The minimum Gasteiger partial charge on any atom is -0.466 e. The molecule has 0 radical (unpaired) electrons. The van der Waals surface area contributed by atoms with E-state index in [0.717, 1.165) is 25.5 Å². The van der Waals surface area contributed by atoms with Gasteiger partial charge in [-0.2, -0.15) is 0 Å². The van der Waals surface area contributed by atoms with Crippen LogP contribution in [0, 0.1) is 0 Å². The van der Waals surface area contributed by atoms with Crippen LogP contribution in [0.5, 0.6) is 0 Å². The number of methoxy groups -OCH3 is 1. The Morgan fingerprint density at radius 3 is 1.86 bits per heavy atom. The lowest BCUT2D eigenvalue weighted by Crippen LogP contribution is -2.43. The highest BCUT2D eigenvalue weighted by molar-refractivity contribution is 6.60. The maximum absolute atomic E-state index is 10.1. The molecule has 0 aliphatic heterocycles. The first-order valence-electron chi connectivity index (χ1n) is 6.50. The van der Waals surface area contributed by atoms with Crippen LogP contribution in [0.1, 0.15) is 33.6 Å². The minimum atomic E-state index is -2.26. The van der Waals surface area contributed by atoms with E-state index < -0.39 is 8.80 Å². The molecule has 8 heteroatoms. The van der Waals surface area contributed by atoms with Crippen LogP contribution < -0.4 is 6.15 Å².